The molecular weight excluding hydrogens is 544 g/mol. The molecule has 0 unspecified atom stereocenters. The summed E-state index contributed by atoms with van der Waals surface area (Å²) in [6, 6.07) is 33.1. The van der Waals surface area contributed by atoms with Gasteiger partial charge in [0.15, 0.2) is 0 Å². The molecule has 0 aliphatic carbocycles. The zero-order valence-corrected chi connectivity index (χ0v) is 23.2. The fourth-order valence-electron chi connectivity index (χ4n) is 3.77. The molecule has 1 heterocycles. The van der Waals surface area contributed by atoms with E-state index in [1.54, 1.807) is 28.9 Å². The second kappa shape index (κ2) is 12.6. The van der Waals surface area contributed by atoms with Crippen LogP contribution >= 0.6 is 11.8 Å². The zero-order valence-electron chi connectivity index (χ0n) is 21.6. The van der Waals surface area contributed by atoms with E-state index in [4.69, 9.17) is 4.74 Å². The second-order valence-corrected chi connectivity index (χ2v) is 11.4. The fourth-order valence-corrected chi connectivity index (χ4v) is 5.29. The number of sulfonamides is 1. The molecule has 0 spiro atoms. The molecule has 0 atom stereocenters. The van der Waals surface area contributed by atoms with Crippen molar-refractivity contribution in [2.45, 2.75) is 17.0 Å². The molecule has 0 saturated heterocycles. The molecule has 11 heteroatoms. The Balaban J connectivity index is 1.25. The largest absolute Gasteiger partial charge is 0.493 e. The number of benzene rings is 4. The lowest BCUT2D eigenvalue weighted by molar-refractivity contribution is 0.344. The molecule has 1 aromatic heterocycles. The molecule has 202 valence electrons. The van der Waals surface area contributed by atoms with Crippen molar-refractivity contribution in [2.75, 3.05) is 12.4 Å². The van der Waals surface area contributed by atoms with Gasteiger partial charge in [0.25, 0.3) is 10.0 Å². The van der Waals surface area contributed by atoms with Crippen molar-refractivity contribution in [3.63, 3.8) is 0 Å². The van der Waals surface area contributed by atoms with Crippen molar-refractivity contribution >= 4 is 27.5 Å². The van der Waals surface area contributed by atoms with Gasteiger partial charge < -0.3 is 4.74 Å². The molecule has 5 aromatic rings. The monoisotopic (exact) mass is 570 g/mol. The van der Waals surface area contributed by atoms with Gasteiger partial charge in [0, 0.05) is 16.9 Å². The number of rotatable bonds is 11. The van der Waals surface area contributed by atoms with E-state index in [0.29, 0.717) is 29.0 Å². The Bertz CT molecular complexity index is 1670. The van der Waals surface area contributed by atoms with Crippen LogP contribution in [-0.2, 0) is 10.0 Å². The number of para-hydroxylation sites is 1. The Hall–Kier alpha value is -4.48. The van der Waals surface area contributed by atoms with Crippen molar-refractivity contribution in [1.29, 1.82) is 0 Å². The van der Waals surface area contributed by atoms with Crippen LogP contribution in [0.1, 0.15) is 16.7 Å². The highest BCUT2D eigenvalue weighted by Crippen LogP contribution is 2.20. The van der Waals surface area contributed by atoms with E-state index >= 15 is 0 Å². The molecule has 9 nitrogen and oxygen atoms in total. The number of hydrazone groups is 1. The van der Waals surface area contributed by atoms with E-state index in [1.807, 2.05) is 91.9 Å². The van der Waals surface area contributed by atoms with Gasteiger partial charge in [-0.25, -0.2) is 0 Å². The molecule has 0 amide bonds. The highest BCUT2D eigenvalue weighted by Gasteiger charge is 2.15. The lowest BCUT2D eigenvalue weighted by atomic mass is 10.0. The van der Waals surface area contributed by atoms with E-state index in [0.717, 1.165) is 22.4 Å². The quantitative estimate of drug-likeness (QED) is 0.104. The van der Waals surface area contributed by atoms with Gasteiger partial charge in [-0.15, -0.1) is 5.10 Å². The third-order valence-corrected chi connectivity index (χ3v) is 7.92. The number of nitrogens with zero attached hydrogens (tertiary/aromatic N) is 5. The molecule has 40 heavy (non-hydrogen) atoms. The molecule has 0 aliphatic heterocycles. The number of aryl methyl sites for hydroxylation is 1. The van der Waals surface area contributed by atoms with Gasteiger partial charge in [0.1, 0.15) is 5.75 Å². The van der Waals surface area contributed by atoms with Crippen molar-refractivity contribution in [3.8, 4) is 11.4 Å². The summed E-state index contributed by atoms with van der Waals surface area (Å²) < 4.78 is 33.3. The van der Waals surface area contributed by atoms with Gasteiger partial charge >= 0.3 is 0 Å². The Kier molecular flexibility index (Phi) is 8.53. The summed E-state index contributed by atoms with van der Waals surface area (Å²) >= 11 is 1.50. The van der Waals surface area contributed by atoms with Crippen LogP contribution in [0.25, 0.3) is 5.69 Å². The third kappa shape index (κ3) is 6.74. The molecule has 0 bridgehead atoms. The van der Waals surface area contributed by atoms with Crippen LogP contribution in [0, 0.1) is 6.92 Å². The summed E-state index contributed by atoms with van der Waals surface area (Å²) in [6.07, 6.45) is 0. The maximum Gasteiger partial charge on any atom is 0.276 e. The van der Waals surface area contributed by atoms with Gasteiger partial charge in [0.05, 0.1) is 22.9 Å². The number of nitrogens with one attached hydrogen (secondary N) is 1. The van der Waals surface area contributed by atoms with E-state index in [1.165, 1.54) is 11.8 Å². The summed E-state index contributed by atoms with van der Waals surface area (Å²) in [5, 5.41) is 16.9. The van der Waals surface area contributed by atoms with Crippen LogP contribution in [-0.4, -0.2) is 46.7 Å². The van der Waals surface area contributed by atoms with Gasteiger partial charge in [-0.3, -0.25) is 0 Å². The van der Waals surface area contributed by atoms with Crippen LogP contribution in [0.5, 0.6) is 5.75 Å². The summed E-state index contributed by atoms with van der Waals surface area (Å²) in [4.78, 5) is 2.53. The second-order valence-electron chi connectivity index (χ2n) is 8.66. The fraction of sp³-hybridized carbons (Fsp3) is 0.103. The van der Waals surface area contributed by atoms with Crippen LogP contribution in [0.2, 0.25) is 0 Å². The van der Waals surface area contributed by atoms with Crippen molar-refractivity contribution < 1.29 is 13.2 Å². The Labute approximate surface area is 237 Å². The maximum absolute atomic E-state index is 12.8. The molecule has 0 fully saturated rings. The predicted molar refractivity (Wildman–Crippen MR) is 155 cm³/mol. The summed E-state index contributed by atoms with van der Waals surface area (Å²) in [5.41, 5.74) is 3.87. The number of hydrogen-bond donors (Lipinski definition) is 1. The SMILES string of the molecule is Cc1ccc(S(=O)(=O)NN=C(c2ccccc2)c2ccc(OCCSc3nnnn3-c3ccccc3)cc2)cc1. The van der Waals surface area contributed by atoms with Crippen LogP contribution in [0.4, 0.5) is 0 Å². The molecule has 1 N–H and O–H groups in total. The minimum Gasteiger partial charge on any atom is -0.493 e. The first kappa shape index (κ1) is 27.1. The van der Waals surface area contributed by atoms with Crippen LogP contribution in [0.3, 0.4) is 0 Å². The maximum atomic E-state index is 12.8. The molecule has 0 radical (unpaired) electrons. The van der Waals surface area contributed by atoms with Gasteiger partial charge in [-0.05, 0) is 65.9 Å². The highest BCUT2D eigenvalue weighted by atomic mass is 32.2. The molecule has 5 rings (SSSR count). The molecule has 0 saturated carbocycles. The summed E-state index contributed by atoms with van der Waals surface area (Å²) in [7, 11) is -3.83. The Morgan fingerprint density at radius 2 is 1.52 bits per heavy atom. The van der Waals surface area contributed by atoms with Crippen LogP contribution in [0.15, 0.2) is 124 Å². The number of hydrogen-bond acceptors (Lipinski definition) is 8. The van der Waals surface area contributed by atoms with Crippen molar-refractivity contribution in [2.24, 2.45) is 5.10 Å². The van der Waals surface area contributed by atoms with Crippen molar-refractivity contribution in [1.82, 2.24) is 25.0 Å². The number of aromatic nitrogens is 4. The third-order valence-electron chi connectivity index (χ3n) is 5.81. The van der Waals surface area contributed by atoms with E-state index in [-0.39, 0.29) is 4.90 Å². The first-order valence-corrected chi connectivity index (χ1v) is 14.9. The van der Waals surface area contributed by atoms with Gasteiger partial charge in [-0.2, -0.15) is 23.0 Å². The standard InChI is InChI=1S/C29H26N6O3S2/c1-22-12-18-27(19-13-22)40(36,37)34-30-28(23-8-4-2-5-9-23)24-14-16-26(17-15-24)38-20-21-39-29-31-32-33-35(29)25-10-6-3-7-11-25/h2-19,34H,20-21H2,1H3. The lowest BCUT2D eigenvalue weighted by Crippen LogP contribution is -2.21. The smallest absolute Gasteiger partial charge is 0.276 e. The molecule has 0 aliphatic rings. The van der Waals surface area contributed by atoms with Crippen LogP contribution < -0.4 is 9.57 Å². The Morgan fingerprint density at radius 1 is 0.875 bits per heavy atom. The average molecular weight is 571 g/mol. The number of thioether (sulfide) groups is 1. The van der Waals surface area contributed by atoms with E-state index in [9.17, 15) is 8.42 Å². The summed E-state index contributed by atoms with van der Waals surface area (Å²) in [6.45, 7) is 2.35. The minimum atomic E-state index is -3.83. The topological polar surface area (TPSA) is 111 Å². The molecular formula is C29H26N6O3S2. The normalized spacial score (nSPS) is 11.8. The number of tetrazole rings is 1. The first-order valence-electron chi connectivity index (χ1n) is 12.4. The predicted octanol–water partition coefficient (Wildman–Crippen LogP) is 4.87. The minimum absolute atomic E-state index is 0.147. The van der Waals surface area contributed by atoms with E-state index < -0.39 is 10.0 Å². The first-order chi connectivity index (χ1) is 19.5. The average Bonchev–Trinajstić information content (AvgIpc) is 3.46. The van der Waals surface area contributed by atoms with Gasteiger partial charge in [0.2, 0.25) is 5.16 Å². The van der Waals surface area contributed by atoms with Gasteiger partial charge in [-0.1, -0.05) is 78.0 Å². The van der Waals surface area contributed by atoms with E-state index in [2.05, 4.69) is 25.5 Å². The highest BCUT2D eigenvalue weighted by molar-refractivity contribution is 7.99. The molecule has 4 aromatic carbocycles. The zero-order chi connectivity index (χ0) is 27.8. The van der Waals surface area contributed by atoms with Crippen molar-refractivity contribution in [3.05, 3.63) is 126 Å². The number of ether oxygens (including phenoxy) is 1. The Morgan fingerprint density at radius 3 is 2.23 bits per heavy atom. The lowest BCUT2D eigenvalue weighted by Gasteiger charge is -2.11. The summed E-state index contributed by atoms with van der Waals surface area (Å²) in [5.74, 6) is 1.33.